The van der Waals surface area contributed by atoms with Crippen molar-refractivity contribution in [3.8, 4) is 5.69 Å². The molecule has 0 N–H and O–H groups in total. The molecule has 2 aromatic rings. The highest BCUT2D eigenvalue weighted by Crippen LogP contribution is 2.30. The Kier molecular flexibility index (Phi) is 5.27. The van der Waals surface area contributed by atoms with E-state index in [-0.39, 0.29) is 0 Å². The third-order valence-electron chi connectivity index (χ3n) is 5.26. The number of ether oxygens (including phenoxy) is 1. The molecule has 2 atom stereocenters. The topological polar surface area (TPSA) is 43.2 Å². The van der Waals surface area contributed by atoms with Gasteiger partial charge >= 0.3 is 0 Å². The molecular weight excluding hydrogens is 359 g/mol. The zero-order valence-electron chi connectivity index (χ0n) is 14.1. The van der Waals surface area contributed by atoms with E-state index in [0.29, 0.717) is 10.0 Å². The number of likely N-dealkylation sites (tertiary alicyclic amines) is 1. The molecule has 2 fully saturated rings. The molecule has 0 bridgehead atoms. The third kappa shape index (κ3) is 4.00. The Morgan fingerprint density at radius 1 is 1.20 bits per heavy atom. The molecule has 5 nitrogen and oxygen atoms in total. The van der Waals surface area contributed by atoms with Crippen LogP contribution in [-0.4, -0.2) is 46.2 Å². The summed E-state index contributed by atoms with van der Waals surface area (Å²) in [6.45, 7) is 4.94. The van der Waals surface area contributed by atoms with Crippen LogP contribution in [0.25, 0.3) is 5.69 Å². The number of halogens is 2. The van der Waals surface area contributed by atoms with Crippen molar-refractivity contribution in [1.82, 2.24) is 19.9 Å². The minimum Gasteiger partial charge on any atom is -0.381 e. The third-order valence-corrected chi connectivity index (χ3v) is 5.79. The Labute approximate surface area is 157 Å². The van der Waals surface area contributed by atoms with Gasteiger partial charge < -0.3 is 4.74 Å². The van der Waals surface area contributed by atoms with Crippen molar-refractivity contribution in [3.05, 3.63) is 40.1 Å². The molecule has 1 aromatic heterocycles. The minimum absolute atomic E-state index is 0.572. The summed E-state index contributed by atoms with van der Waals surface area (Å²) in [5, 5.41) is 9.75. The van der Waals surface area contributed by atoms with Crippen LogP contribution in [0.4, 0.5) is 0 Å². The molecule has 2 aliphatic rings. The monoisotopic (exact) mass is 380 g/mol. The highest BCUT2D eigenvalue weighted by atomic mass is 35.5. The molecule has 3 heterocycles. The van der Waals surface area contributed by atoms with Crippen LogP contribution in [0.3, 0.4) is 0 Å². The first-order valence-corrected chi connectivity index (χ1v) is 9.61. The second-order valence-electron chi connectivity index (χ2n) is 7.01. The zero-order valence-corrected chi connectivity index (χ0v) is 15.6. The predicted molar refractivity (Wildman–Crippen MR) is 98.3 cm³/mol. The lowest BCUT2D eigenvalue weighted by Gasteiger charge is -2.34. The lowest BCUT2D eigenvalue weighted by Crippen LogP contribution is -2.38. The van der Waals surface area contributed by atoms with E-state index in [0.717, 1.165) is 56.1 Å². The van der Waals surface area contributed by atoms with Crippen LogP contribution in [0, 0.1) is 11.8 Å². The van der Waals surface area contributed by atoms with Crippen molar-refractivity contribution in [3.63, 3.8) is 0 Å². The van der Waals surface area contributed by atoms with Crippen molar-refractivity contribution in [2.75, 3.05) is 26.3 Å². The largest absolute Gasteiger partial charge is 0.381 e. The zero-order chi connectivity index (χ0) is 17.2. The number of hydrogen-bond acceptors (Lipinski definition) is 4. The number of hydrogen-bond donors (Lipinski definition) is 0. The first-order valence-electron chi connectivity index (χ1n) is 8.86. The van der Waals surface area contributed by atoms with Crippen molar-refractivity contribution in [2.24, 2.45) is 11.8 Å². The van der Waals surface area contributed by atoms with Crippen molar-refractivity contribution < 1.29 is 4.74 Å². The van der Waals surface area contributed by atoms with E-state index in [4.69, 9.17) is 27.9 Å². The summed E-state index contributed by atoms with van der Waals surface area (Å²) in [4.78, 5) is 2.49. The fourth-order valence-electron chi connectivity index (χ4n) is 3.93. The number of aromatic nitrogens is 3. The fourth-order valence-corrected chi connectivity index (χ4v) is 4.42. The second kappa shape index (κ2) is 7.62. The van der Waals surface area contributed by atoms with E-state index in [9.17, 15) is 0 Å². The van der Waals surface area contributed by atoms with E-state index < -0.39 is 0 Å². The molecule has 0 amide bonds. The Balaban J connectivity index is 1.42. The molecule has 0 spiro atoms. The lowest BCUT2D eigenvalue weighted by atomic mass is 9.85. The highest BCUT2D eigenvalue weighted by Gasteiger charge is 2.30. The minimum atomic E-state index is 0.572. The maximum atomic E-state index is 6.26. The second-order valence-corrected chi connectivity index (χ2v) is 7.85. The Morgan fingerprint density at radius 2 is 2.12 bits per heavy atom. The number of piperidine rings is 1. The van der Waals surface area contributed by atoms with Crippen LogP contribution in [0.2, 0.25) is 10.0 Å². The lowest BCUT2D eigenvalue weighted by molar-refractivity contribution is 0.111. The summed E-state index contributed by atoms with van der Waals surface area (Å²) in [5.41, 5.74) is 1.76. The molecule has 25 heavy (non-hydrogen) atoms. The highest BCUT2D eigenvalue weighted by molar-refractivity contribution is 6.35. The molecule has 2 unspecified atom stereocenters. The van der Waals surface area contributed by atoms with Gasteiger partial charge in [-0.2, -0.15) is 0 Å². The van der Waals surface area contributed by atoms with Gasteiger partial charge in [0, 0.05) is 31.3 Å². The normalized spacial score (nSPS) is 24.7. The standard InChI is InChI=1S/C18H22Cl2N4O/c19-15-3-4-18(17(20)8-15)24-11-16(21-22-24)10-23-6-1-2-13(9-23)14-5-7-25-12-14/h3-4,8,11,13-14H,1-2,5-7,9-10,12H2. The summed E-state index contributed by atoms with van der Waals surface area (Å²) in [5.74, 6) is 1.48. The van der Waals surface area contributed by atoms with Crippen LogP contribution in [0.1, 0.15) is 25.0 Å². The molecule has 0 saturated carbocycles. The van der Waals surface area contributed by atoms with Gasteiger partial charge in [-0.05, 0) is 55.8 Å². The number of nitrogens with zero attached hydrogens (tertiary/aromatic N) is 4. The van der Waals surface area contributed by atoms with E-state index >= 15 is 0 Å². The number of benzene rings is 1. The van der Waals surface area contributed by atoms with Gasteiger partial charge in [0.2, 0.25) is 0 Å². The van der Waals surface area contributed by atoms with E-state index in [1.54, 1.807) is 10.7 Å². The van der Waals surface area contributed by atoms with Gasteiger partial charge in [-0.3, -0.25) is 4.90 Å². The molecule has 7 heteroatoms. The van der Waals surface area contributed by atoms with Gasteiger partial charge in [0.15, 0.2) is 0 Å². The molecule has 134 valence electrons. The quantitative estimate of drug-likeness (QED) is 0.808. The smallest absolute Gasteiger partial charge is 0.0971 e. The van der Waals surface area contributed by atoms with Gasteiger partial charge in [-0.25, -0.2) is 4.68 Å². The first-order chi connectivity index (χ1) is 12.2. The molecule has 0 radical (unpaired) electrons. The van der Waals surface area contributed by atoms with E-state index in [1.807, 2.05) is 18.3 Å². The average molecular weight is 381 g/mol. The molecular formula is C18H22Cl2N4O. The number of rotatable bonds is 4. The molecule has 2 aliphatic heterocycles. The van der Waals surface area contributed by atoms with Crippen molar-refractivity contribution in [2.45, 2.75) is 25.8 Å². The molecule has 2 saturated heterocycles. The maximum Gasteiger partial charge on any atom is 0.0971 e. The predicted octanol–water partition coefficient (Wildman–Crippen LogP) is 3.82. The van der Waals surface area contributed by atoms with Crippen LogP contribution in [-0.2, 0) is 11.3 Å². The Bertz CT molecular complexity index is 730. The van der Waals surface area contributed by atoms with Gasteiger partial charge in [0.05, 0.1) is 22.6 Å². The van der Waals surface area contributed by atoms with Crippen LogP contribution < -0.4 is 0 Å². The van der Waals surface area contributed by atoms with Gasteiger partial charge in [-0.15, -0.1) is 5.10 Å². The first kappa shape index (κ1) is 17.3. The maximum absolute atomic E-state index is 6.26. The van der Waals surface area contributed by atoms with Crippen LogP contribution in [0.5, 0.6) is 0 Å². The molecule has 4 rings (SSSR count). The summed E-state index contributed by atoms with van der Waals surface area (Å²) in [6.07, 6.45) is 5.73. The summed E-state index contributed by atoms with van der Waals surface area (Å²) in [7, 11) is 0. The fraction of sp³-hybridized carbons (Fsp3) is 0.556. The van der Waals surface area contributed by atoms with Gasteiger partial charge in [0.25, 0.3) is 0 Å². The van der Waals surface area contributed by atoms with E-state index in [2.05, 4.69) is 15.2 Å². The Hall–Kier alpha value is -1.14. The summed E-state index contributed by atoms with van der Waals surface area (Å²) in [6, 6.07) is 5.39. The van der Waals surface area contributed by atoms with Gasteiger partial charge in [0.1, 0.15) is 0 Å². The van der Waals surface area contributed by atoms with E-state index in [1.165, 1.54) is 19.3 Å². The Morgan fingerprint density at radius 3 is 2.92 bits per heavy atom. The SMILES string of the molecule is Clc1ccc(-n2cc(CN3CCCC(C4CCOC4)C3)nn2)c(Cl)c1. The summed E-state index contributed by atoms with van der Waals surface area (Å²) < 4.78 is 7.29. The average Bonchev–Trinajstić information content (AvgIpc) is 3.27. The van der Waals surface area contributed by atoms with Crippen LogP contribution in [0.15, 0.2) is 24.4 Å². The van der Waals surface area contributed by atoms with Gasteiger partial charge in [-0.1, -0.05) is 28.4 Å². The molecule has 0 aliphatic carbocycles. The molecule has 1 aromatic carbocycles. The van der Waals surface area contributed by atoms with Crippen molar-refractivity contribution >= 4 is 23.2 Å². The van der Waals surface area contributed by atoms with Crippen LogP contribution >= 0.6 is 23.2 Å². The van der Waals surface area contributed by atoms with Crippen molar-refractivity contribution in [1.29, 1.82) is 0 Å². The summed E-state index contributed by atoms with van der Waals surface area (Å²) >= 11 is 12.2.